The monoisotopic (exact) mass is 227 g/mol. The van der Waals surface area contributed by atoms with E-state index < -0.39 is 0 Å². The van der Waals surface area contributed by atoms with Crippen LogP contribution in [-0.2, 0) is 6.42 Å². The van der Waals surface area contributed by atoms with E-state index >= 15 is 0 Å². The molecule has 0 spiro atoms. The number of rotatable bonds is 5. The van der Waals surface area contributed by atoms with Crippen LogP contribution in [0.1, 0.15) is 5.56 Å². The molecule has 0 aromatic heterocycles. The second kappa shape index (κ2) is 5.94. The molecule has 0 aliphatic heterocycles. The van der Waals surface area contributed by atoms with E-state index in [1.54, 1.807) is 7.11 Å². The van der Waals surface area contributed by atoms with Gasteiger partial charge in [0.2, 0.25) is 0 Å². The molecule has 0 heterocycles. The van der Waals surface area contributed by atoms with Crippen molar-refractivity contribution < 1.29 is 9.47 Å². The Kier molecular flexibility index (Phi) is 4.03. The predicted molar refractivity (Wildman–Crippen MR) is 67.5 cm³/mol. The molecule has 0 bridgehead atoms. The summed E-state index contributed by atoms with van der Waals surface area (Å²) in [6, 6.07) is 18.5. The fourth-order valence-corrected chi connectivity index (χ4v) is 1.58. The fraction of sp³-hybridized carbons (Fsp3) is 0.200. The van der Waals surface area contributed by atoms with E-state index in [4.69, 9.17) is 9.47 Å². The molecule has 0 fully saturated rings. The molecule has 0 saturated heterocycles. The number of ether oxygens (including phenoxy) is 2. The SMILES string of the molecule is COc1cccc(CCOc2cc[c]cc2)c1. The molecule has 2 heteroatoms. The summed E-state index contributed by atoms with van der Waals surface area (Å²) < 4.78 is 10.8. The quantitative estimate of drug-likeness (QED) is 0.781. The molecule has 0 aliphatic carbocycles. The summed E-state index contributed by atoms with van der Waals surface area (Å²) in [5, 5.41) is 0. The maximum absolute atomic E-state index is 5.62. The van der Waals surface area contributed by atoms with Crippen LogP contribution in [0, 0.1) is 6.07 Å². The number of hydrogen-bond donors (Lipinski definition) is 0. The lowest BCUT2D eigenvalue weighted by Gasteiger charge is -2.07. The summed E-state index contributed by atoms with van der Waals surface area (Å²) in [5.74, 6) is 1.77. The normalized spacial score (nSPS) is 9.94. The largest absolute Gasteiger partial charge is 0.497 e. The maximum Gasteiger partial charge on any atom is 0.119 e. The summed E-state index contributed by atoms with van der Waals surface area (Å²) >= 11 is 0. The van der Waals surface area contributed by atoms with Gasteiger partial charge in [0, 0.05) is 6.42 Å². The molecule has 2 aromatic carbocycles. The van der Waals surface area contributed by atoms with Gasteiger partial charge >= 0.3 is 0 Å². The fourth-order valence-electron chi connectivity index (χ4n) is 1.58. The van der Waals surface area contributed by atoms with Crippen LogP contribution in [0.5, 0.6) is 11.5 Å². The second-order valence-electron chi connectivity index (χ2n) is 3.69. The Morgan fingerprint density at radius 1 is 1.06 bits per heavy atom. The van der Waals surface area contributed by atoms with E-state index in [-0.39, 0.29) is 0 Å². The predicted octanol–water partition coefficient (Wildman–Crippen LogP) is 3.12. The van der Waals surface area contributed by atoms with Crippen LogP contribution in [-0.4, -0.2) is 13.7 Å². The van der Waals surface area contributed by atoms with Crippen LogP contribution in [0.3, 0.4) is 0 Å². The van der Waals surface area contributed by atoms with Crippen molar-refractivity contribution in [2.75, 3.05) is 13.7 Å². The molecule has 2 aromatic rings. The van der Waals surface area contributed by atoms with Crippen LogP contribution in [0.4, 0.5) is 0 Å². The Morgan fingerprint density at radius 3 is 2.65 bits per heavy atom. The number of methoxy groups -OCH3 is 1. The van der Waals surface area contributed by atoms with Gasteiger partial charge in [-0.2, -0.15) is 0 Å². The van der Waals surface area contributed by atoms with Crippen molar-refractivity contribution in [1.82, 2.24) is 0 Å². The standard InChI is InChI=1S/C15H15O2/c1-16-15-9-5-6-13(12-15)10-11-17-14-7-3-2-4-8-14/h3-9,12H,10-11H2,1H3. The summed E-state index contributed by atoms with van der Waals surface area (Å²) in [6.07, 6.45) is 0.871. The summed E-state index contributed by atoms with van der Waals surface area (Å²) in [4.78, 5) is 0. The first kappa shape index (κ1) is 11.5. The van der Waals surface area contributed by atoms with E-state index in [0.717, 1.165) is 17.9 Å². The van der Waals surface area contributed by atoms with E-state index in [2.05, 4.69) is 12.1 Å². The van der Waals surface area contributed by atoms with Crippen LogP contribution in [0.25, 0.3) is 0 Å². The van der Waals surface area contributed by atoms with Gasteiger partial charge in [0.15, 0.2) is 0 Å². The van der Waals surface area contributed by atoms with Crippen LogP contribution in [0.15, 0.2) is 48.5 Å². The van der Waals surface area contributed by atoms with Gasteiger partial charge in [-0.15, -0.1) is 0 Å². The van der Waals surface area contributed by atoms with E-state index in [0.29, 0.717) is 6.61 Å². The first-order chi connectivity index (χ1) is 8.38. The topological polar surface area (TPSA) is 18.5 Å². The van der Waals surface area contributed by atoms with Gasteiger partial charge in [-0.25, -0.2) is 0 Å². The third kappa shape index (κ3) is 3.52. The Bertz CT molecular complexity index is 451. The Labute approximate surface area is 102 Å². The molecule has 2 rings (SSSR count). The first-order valence-corrected chi connectivity index (χ1v) is 5.60. The average Bonchev–Trinajstić information content (AvgIpc) is 2.40. The highest BCUT2D eigenvalue weighted by Gasteiger charge is 1.97. The highest BCUT2D eigenvalue weighted by Crippen LogP contribution is 2.14. The van der Waals surface area contributed by atoms with Gasteiger partial charge in [0.25, 0.3) is 0 Å². The van der Waals surface area contributed by atoms with Crippen molar-refractivity contribution in [2.45, 2.75) is 6.42 Å². The number of benzene rings is 2. The molecule has 0 saturated carbocycles. The van der Waals surface area contributed by atoms with Crippen molar-refractivity contribution in [3.05, 3.63) is 60.2 Å². The molecule has 1 radical (unpaired) electrons. The number of hydrogen-bond acceptors (Lipinski definition) is 2. The van der Waals surface area contributed by atoms with Crippen molar-refractivity contribution in [3.63, 3.8) is 0 Å². The van der Waals surface area contributed by atoms with Crippen molar-refractivity contribution >= 4 is 0 Å². The van der Waals surface area contributed by atoms with Crippen molar-refractivity contribution in [1.29, 1.82) is 0 Å². The van der Waals surface area contributed by atoms with Gasteiger partial charge in [0.1, 0.15) is 11.5 Å². The van der Waals surface area contributed by atoms with Crippen LogP contribution in [0.2, 0.25) is 0 Å². The summed E-state index contributed by atoms with van der Waals surface area (Å²) in [7, 11) is 1.68. The van der Waals surface area contributed by atoms with Crippen LogP contribution >= 0.6 is 0 Å². The van der Waals surface area contributed by atoms with E-state index in [1.807, 2.05) is 42.5 Å². The van der Waals surface area contributed by atoms with Gasteiger partial charge < -0.3 is 9.47 Å². The smallest absolute Gasteiger partial charge is 0.119 e. The third-order valence-electron chi connectivity index (χ3n) is 2.48. The van der Waals surface area contributed by atoms with Crippen LogP contribution < -0.4 is 9.47 Å². The second-order valence-corrected chi connectivity index (χ2v) is 3.69. The highest BCUT2D eigenvalue weighted by molar-refractivity contribution is 5.28. The third-order valence-corrected chi connectivity index (χ3v) is 2.48. The molecule has 0 amide bonds. The lowest BCUT2D eigenvalue weighted by molar-refractivity contribution is 0.321. The zero-order chi connectivity index (χ0) is 11.9. The molecule has 87 valence electrons. The van der Waals surface area contributed by atoms with Gasteiger partial charge in [-0.1, -0.05) is 24.3 Å². The molecular formula is C15H15O2. The minimum Gasteiger partial charge on any atom is -0.497 e. The zero-order valence-electron chi connectivity index (χ0n) is 9.85. The molecule has 17 heavy (non-hydrogen) atoms. The molecule has 2 nitrogen and oxygen atoms in total. The zero-order valence-corrected chi connectivity index (χ0v) is 9.85. The molecule has 0 unspecified atom stereocenters. The molecule has 0 N–H and O–H groups in total. The summed E-state index contributed by atoms with van der Waals surface area (Å²) in [5.41, 5.74) is 1.21. The van der Waals surface area contributed by atoms with E-state index in [9.17, 15) is 0 Å². The maximum atomic E-state index is 5.62. The summed E-state index contributed by atoms with van der Waals surface area (Å²) in [6.45, 7) is 0.664. The Morgan fingerprint density at radius 2 is 1.88 bits per heavy atom. The Balaban J connectivity index is 1.86. The average molecular weight is 227 g/mol. The molecule has 0 aliphatic rings. The van der Waals surface area contributed by atoms with Gasteiger partial charge in [-0.3, -0.25) is 0 Å². The lowest BCUT2D eigenvalue weighted by Crippen LogP contribution is -2.01. The van der Waals surface area contributed by atoms with Gasteiger partial charge in [-0.05, 0) is 35.9 Å². The minimum atomic E-state index is 0.664. The molecule has 0 atom stereocenters. The molecular weight excluding hydrogens is 212 g/mol. The lowest BCUT2D eigenvalue weighted by atomic mass is 10.1. The van der Waals surface area contributed by atoms with Gasteiger partial charge in [0.05, 0.1) is 13.7 Å². The minimum absolute atomic E-state index is 0.664. The van der Waals surface area contributed by atoms with Crippen molar-refractivity contribution in [3.8, 4) is 11.5 Å². The van der Waals surface area contributed by atoms with Crippen molar-refractivity contribution in [2.24, 2.45) is 0 Å². The van der Waals surface area contributed by atoms with E-state index in [1.165, 1.54) is 5.56 Å². The highest BCUT2D eigenvalue weighted by atomic mass is 16.5. The Hall–Kier alpha value is -1.96. The first-order valence-electron chi connectivity index (χ1n) is 5.60.